The normalized spacial score (nSPS) is 20.0. The van der Waals surface area contributed by atoms with Crippen LogP contribution in [-0.2, 0) is 16.1 Å². The second-order valence-electron chi connectivity index (χ2n) is 11.5. The summed E-state index contributed by atoms with van der Waals surface area (Å²) in [6, 6.07) is 3.46. The summed E-state index contributed by atoms with van der Waals surface area (Å²) in [7, 11) is 1.49. The number of amides is 4. The number of pyridine rings is 1. The SMILES string of the molecule is Cc1ccnc([C@H]2C[C@@H]2C(=O)Nc2ncnc3nn(Cc4cn5cc(C6CC6)cc(N6CC(=O)N(C)C6=O)c5n4)cc23)n1. The number of carbonyl (C=O) groups excluding carboxylic acids is 3. The summed E-state index contributed by atoms with van der Waals surface area (Å²) in [6.07, 6.45) is 11.7. The van der Waals surface area contributed by atoms with E-state index in [0.717, 1.165) is 29.0 Å². The summed E-state index contributed by atoms with van der Waals surface area (Å²) < 4.78 is 3.63. The molecule has 8 rings (SSSR count). The van der Waals surface area contributed by atoms with Crippen molar-refractivity contribution in [3.63, 3.8) is 0 Å². The monoisotopic (exact) mass is 577 g/mol. The number of fused-ring (bicyclic) bond motifs is 2. The average Bonchev–Trinajstić information content (AvgIpc) is 3.90. The van der Waals surface area contributed by atoms with Crippen LogP contribution in [0.15, 0.2) is 43.2 Å². The zero-order valence-electron chi connectivity index (χ0n) is 23.5. The lowest BCUT2D eigenvalue weighted by atomic mass is 10.1. The first-order valence-electron chi connectivity index (χ1n) is 14.2. The third-order valence-corrected chi connectivity index (χ3v) is 8.33. The topological polar surface area (TPSA) is 156 Å². The zero-order chi connectivity index (χ0) is 29.4. The van der Waals surface area contributed by atoms with Crippen LogP contribution in [0.4, 0.5) is 16.3 Å². The standard InChI is InChI=1S/C29H27N11O3/c1-15-5-6-30-24(33-15)19-8-20(19)28(42)35-25-21-12-39(36-26(21)32-14-31-25)11-18-10-38-9-17(16-3-4-16)7-22(27(38)34-18)40-13-23(41)37(2)29(40)43/h5-7,9-10,12,14,16,19-20H,3-4,8,11,13H2,1-2H3,(H,31,32,35,36,42)/t19-,20-/m0/s1. The van der Waals surface area contributed by atoms with Crippen molar-refractivity contribution in [2.24, 2.45) is 5.92 Å². The van der Waals surface area contributed by atoms with Crippen LogP contribution in [0.2, 0.25) is 0 Å². The first kappa shape index (κ1) is 25.4. The van der Waals surface area contributed by atoms with Crippen LogP contribution >= 0.6 is 0 Å². The summed E-state index contributed by atoms with van der Waals surface area (Å²) in [4.78, 5) is 63.0. The molecular formula is C29H27N11O3. The quantitative estimate of drug-likeness (QED) is 0.287. The molecule has 2 atom stereocenters. The van der Waals surface area contributed by atoms with E-state index >= 15 is 0 Å². The van der Waals surface area contributed by atoms with E-state index in [0.29, 0.717) is 58.6 Å². The van der Waals surface area contributed by atoms with Crippen molar-refractivity contribution >= 4 is 46.0 Å². The van der Waals surface area contributed by atoms with Crippen molar-refractivity contribution in [3.05, 3.63) is 66.0 Å². The highest BCUT2D eigenvalue weighted by Crippen LogP contribution is 2.46. The van der Waals surface area contributed by atoms with Crippen molar-refractivity contribution in [2.45, 2.75) is 44.6 Å². The van der Waals surface area contributed by atoms with E-state index in [2.05, 4.69) is 30.4 Å². The molecule has 6 heterocycles. The number of likely N-dealkylation sites (N-methyl/N-ethyl adjacent to an activating group) is 1. The highest BCUT2D eigenvalue weighted by Gasteiger charge is 2.46. The number of anilines is 2. The van der Waals surface area contributed by atoms with Gasteiger partial charge in [-0.25, -0.2) is 29.7 Å². The fourth-order valence-electron chi connectivity index (χ4n) is 5.71. The van der Waals surface area contributed by atoms with Gasteiger partial charge < -0.3 is 9.72 Å². The molecule has 3 aliphatic rings. The number of imide groups is 1. The van der Waals surface area contributed by atoms with Gasteiger partial charge in [0.25, 0.3) is 0 Å². The molecule has 5 aromatic heterocycles. The molecule has 0 bridgehead atoms. The summed E-state index contributed by atoms with van der Waals surface area (Å²) >= 11 is 0. The maximum absolute atomic E-state index is 13.0. The van der Waals surface area contributed by atoms with Crippen LogP contribution in [0, 0.1) is 12.8 Å². The van der Waals surface area contributed by atoms with Crippen LogP contribution in [0.25, 0.3) is 16.7 Å². The Morgan fingerprint density at radius 2 is 1.95 bits per heavy atom. The molecule has 0 spiro atoms. The number of nitrogens with one attached hydrogen (secondary N) is 1. The van der Waals surface area contributed by atoms with Gasteiger partial charge in [0.15, 0.2) is 11.3 Å². The molecule has 43 heavy (non-hydrogen) atoms. The molecule has 0 aromatic carbocycles. The molecule has 0 unspecified atom stereocenters. The Bertz CT molecular complexity index is 1980. The van der Waals surface area contributed by atoms with Gasteiger partial charge in [0.05, 0.1) is 23.3 Å². The van der Waals surface area contributed by atoms with E-state index in [1.807, 2.05) is 35.9 Å². The van der Waals surface area contributed by atoms with Crippen LogP contribution in [-0.4, -0.2) is 75.4 Å². The second-order valence-corrected chi connectivity index (χ2v) is 11.5. The van der Waals surface area contributed by atoms with E-state index in [1.165, 1.54) is 18.3 Å². The van der Waals surface area contributed by atoms with Crippen molar-refractivity contribution in [3.8, 4) is 0 Å². The van der Waals surface area contributed by atoms with Gasteiger partial charge in [-0.05, 0) is 49.8 Å². The van der Waals surface area contributed by atoms with Gasteiger partial charge in [-0.15, -0.1) is 0 Å². The Labute approximate surface area is 244 Å². The molecule has 3 fully saturated rings. The number of hydrogen-bond donors (Lipinski definition) is 1. The predicted molar refractivity (Wildman–Crippen MR) is 153 cm³/mol. The first-order valence-corrected chi connectivity index (χ1v) is 14.2. The smallest absolute Gasteiger partial charge is 0.310 e. The third-order valence-electron chi connectivity index (χ3n) is 8.33. The second kappa shape index (κ2) is 9.37. The van der Waals surface area contributed by atoms with Crippen LogP contribution < -0.4 is 10.2 Å². The van der Waals surface area contributed by atoms with Crippen molar-refractivity contribution in [1.29, 1.82) is 0 Å². The molecule has 4 amide bonds. The van der Waals surface area contributed by atoms with E-state index in [1.54, 1.807) is 17.1 Å². The molecule has 1 N–H and O–H groups in total. The maximum Gasteiger partial charge on any atom is 0.331 e. The molecule has 2 aliphatic carbocycles. The molecule has 1 saturated heterocycles. The largest absolute Gasteiger partial charge is 0.331 e. The number of urea groups is 1. The highest BCUT2D eigenvalue weighted by atomic mass is 16.2. The third kappa shape index (κ3) is 4.45. The summed E-state index contributed by atoms with van der Waals surface area (Å²) in [6.45, 7) is 2.22. The van der Waals surface area contributed by atoms with Crippen molar-refractivity contribution in [2.75, 3.05) is 23.8 Å². The van der Waals surface area contributed by atoms with Crippen LogP contribution in [0.5, 0.6) is 0 Å². The summed E-state index contributed by atoms with van der Waals surface area (Å²) in [5.74, 6) is 0.918. The Hall–Kier alpha value is -5.27. The molecule has 5 aromatic rings. The Morgan fingerprint density at radius 3 is 2.72 bits per heavy atom. The fraction of sp³-hybridized carbons (Fsp3) is 0.345. The van der Waals surface area contributed by atoms with Crippen LogP contribution in [0.1, 0.15) is 53.9 Å². The average molecular weight is 578 g/mol. The Morgan fingerprint density at radius 1 is 1.09 bits per heavy atom. The number of hydrogen-bond acceptors (Lipinski definition) is 9. The lowest BCUT2D eigenvalue weighted by molar-refractivity contribution is -0.124. The van der Waals surface area contributed by atoms with E-state index < -0.39 is 0 Å². The number of aromatic nitrogens is 8. The number of imidazole rings is 1. The Balaban J connectivity index is 1.06. The van der Waals surface area contributed by atoms with Gasteiger partial charge in [0, 0.05) is 49.4 Å². The fourth-order valence-corrected chi connectivity index (χ4v) is 5.71. The van der Waals surface area contributed by atoms with Gasteiger partial charge >= 0.3 is 6.03 Å². The molecule has 0 radical (unpaired) electrons. The molecule has 14 nitrogen and oxygen atoms in total. The minimum Gasteiger partial charge on any atom is -0.310 e. The van der Waals surface area contributed by atoms with Crippen molar-refractivity contribution < 1.29 is 14.4 Å². The van der Waals surface area contributed by atoms with E-state index in [9.17, 15) is 14.4 Å². The molecular weight excluding hydrogens is 550 g/mol. The van der Waals surface area contributed by atoms with Gasteiger partial charge in [-0.3, -0.25) is 24.1 Å². The Kier molecular flexibility index (Phi) is 5.55. The zero-order valence-corrected chi connectivity index (χ0v) is 23.5. The molecule has 14 heteroatoms. The highest BCUT2D eigenvalue weighted by molar-refractivity contribution is 6.13. The summed E-state index contributed by atoms with van der Waals surface area (Å²) in [5, 5.41) is 8.16. The predicted octanol–water partition coefficient (Wildman–Crippen LogP) is 2.64. The maximum atomic E-state index is 13.0. The van der Waals surface area contributed by atoms with Gasteiger partial charge in [-0.1, -0.05) is 0 Å². The minimum atomic E-state index is -0.361. The van der Waals surface area contributed by atoms with Gasteiger partial charge in [0.2, 0.25) is 11.8 Å². The first-order chi connectivity index (χ1) is 20.8. The lowest BCUT2D eigenvalue weighted by Crippen LogP contribution is -2.30. The summed E-state index contributed by atoms with van der Waals surface area (Å²) in [5.41, 5.74) is 4.37. The molecule has 216 valence electrons. The number of aryl methyl sites for hydroxylation is 1. The lowest BCUT2D eigenvalue weighted by Gasteiger charge is -2.17. The number of nitrogens with zero attached hydrogens (tertiary/aromatic N) is 10. The van der Waals surface area contributed by atoms with Crippen LogP contribution in [0.3, 0.4) is 0 Å². The van der Waals surface area contributed by atoms with Gasteiger partial charge in [-0.2, -0.15) is 5.10 Å². The number of rotatable bonds is 7. The number of carbonyl (C=O) groups is 3. The molecule has 1 aliphatic heterocycles. The molecule has 2 saturated carbocycles. The van der Waals surface area contributed by atoms with Crippen molar-refractivity contribution in [1.82, 2.24) is 44.0 Å². The van der Waals surface area contributed by atoms with E-state index in [-0.39, 0.29) is 36.2 Å². The van der Waals surface area contributed by atoms with E-state index in [4.69, 9.17) is 4.98 Å². The van der Waals surface area contributed by atoms with Gasteiger partial charge in [0.1, 0.15) is 24.5 Å². The minimum absolute atomic E-state index is 0.00491.